The number of rotatable bonds is 8. The van der Waals surface area contributed by atoms with Gasteiger partial charge in [0.05, 0.1) is 6.61 Å². The van der Waals surface area contributed by atoms with E-state index in [9.17, 15) is 4.79 Å². The molecule has 1 saturated heterocycles. The third-order valence-corrected chi connectivity index (χ3v) is 3.32. The lowest BCUT2D eigenvalue weighted by Crippen LogP contribution is -2.47. The number of aldehydes is 1. The first-order valence-corrected chi connectivity index (χ1v) is 6.68. The quantitative estimate of drug-likeness (QED) is 0.518. The minimum Gasteiger partial charge on any atom is -0.381 e. The normalized spacial score (nSPS) is 16.4. The van der Waals surface area contributed by atoms with E-state index in [1.165, 1.54) is 5.56 Å². The Morgan fingerprint density at radius 1 is 1.22 bits per heavy atom. The third kappa shape index (κ3) is 4.24. The van der Waals surface area contributed by atoms with Gasteiger partial charge in [0.2, 0.25) is 0 Å². The van der Waals surface area contributed by atoms with Crippen LogP contribution in [0.4, 0.5) is 0 Å². The summed E-state index contributed by atoms with van der Waals surface area (Å²) in [5.41, 5.74) is 1.33. The number of carbonyl (C=O) groups excluding carboxylic acids is 1. The van der Waals surface area contributed by atoms with Crippen molar-refractivity contribution in [3.05, 3.63) is 35.9 Å². The SMILES string of the molecule is O=CC1CN(CCCOCCc2ccccc2)C1. The Balaban J connectivity index is 1.44. The maximum atomic E-state index is 10.4. The molecule has 3 nitrogen and oxygen atoms in total. The topological polar surface area (TPSA) is 29.5 Å². The van der Waals surface area contributed by atoms with Crippen LogP contribution in [0.5, 0.6) is 0 Å². The lowest BCUT2D eigenvalue weighted by Gasteiger charge is -2.35. The summed E-state index contributed by atoms with van der Waals surface area (Å²) in [4.78, 5) is 12.7. The summed E-state index contributed by atoms with van der Waals surface area (Å²) in [6.07, 6.45) is 3.10. The van der Waals surface area contributed by atoms with Gasteiger partial charge in [0.25, 0.3) is 0 Å². The molecule has 1 heterocycles. The van der Waals surface area contributed by atoms with Crippen LogP contribution in [0, 0.1) is 5.92 Å². The predicted molar refractivity (Wildman–Crippen MR) is 71.6 cm³/mol. The average Bonchev–Trinajstić information content (AvgIpc) is 2.37. The summed E-state index contributed by atoms with van der Waals surface area (Å²) in [6, 6.07) is 10.4. The summed E-state index contributed by atoms with van der Waals surface area (Å²) >= 11 is 0. The minimum absolute atomic E-state index is 0.281. The van der Waals surface area contributed by atoms with Crippen LogP contribution in [0.2, 0.25) is 0 Å². The molecule has 0 aromatic heterocycles. The van der Waals surface area contributed by atoms with Crippen molar-refractivity contribution in [2.24, 2.45) is 5.92 Å². The Morgan fingerprint density at radius 3 is 2.72 bits per heavy atom. The zero-order chi connectivity index (χ0) is 12.6. The van der Waals surface area contributed by atoms with Crippen molar-refractivity contribution in [3.8, 4) is 0 Å². The van der Waals surface area contributed by atoms with Crippen LogP contribution in [-0.4, -0.2) is 44.0 Å². The van der Waals surface area contributed by atoms with Crippen LogP contribution in [0.3, 0.4) is 0 Å². The average molecular weight is 247 g/mol. The summed E-state index contributed by atoms with van der Waals surface area (Å²) in [7, 11) is 0. The molecule has 3 heteroatoms. The van der Waals surface area contributed by atoms with E-state index >= 15 is 0 Å². The van der Waals surface area contributed by atoms with Gasteiger partial charge in [0.1, 0.15) is 6.29 Å². The molecule has 1 aliphatic rings. The molecule has 1 aromatic rings. The third-order valence-electron chi connectivity index (χ3n) is 3.32. The molecular formula is C15H21NO2. The molecule has 0 amide bonds. The van der Waals surface area contributed by atoms with Crippen molar-refractivity contribution in [1.29, 1.82) is 0 Å². The van der Waals surface area contributed by atoms with E-state index in [0.29, 0.717) is 0 Å². The second kappa shape index (κ2) is 7.29. The van der Waals surface area contributed by atoms with Crippen LogP contribution in [0.25, 0.3) is 0 Å². The smallest absolute Gasteiger partial charge is 0.125 e. The van der Waals surface area contributed by atoms with Crippen molar-refractivity contribution in [2.45, 2.75) is 12.8 Å². The molecule has 0 saturated carbocycles. The van der Waals surface area contributed by atoms with Gasteiger partial charge >= 0.3 is 0 Å². The highest BCUT2D eigenvalue weighted by molar-refractivity contribution is 5.55. The molecule has 0 spiro atoms. The van der Waals surface area contributed by atoms with Gasteiger partial charge in [0, 0.05) is 32.2 Å². The molecule has 0 bridgehead atoms. The van der Waals surface area contributed by atoms with Crippen molar-refractivity contribution >= 4 is 6.29 Å². The maximum Gasteiger partial charge on any atom is 0.125 e. The molecule has 0 radical (unpaired) electrons. The van der Waals surface area contributed by atoms with Crippen LogP contribution in [0.15, 0.2) is 30.3 Å². The molecule has 0 unspecified atom stereocenters. The molecule has 0 atom stereocenters. The van der Waals surface area contributed by atoms with E-state index in [0.717, 1.165) is 52.0 Å². The minimum atomic E-state index is 0.281. The van der Waals surface area contributed by atoms with E-state index in [-0.39, 0.29) is 5.92 Å². The highest BCUT2D eigenvalue weighted by atomic mass is 16.5. The molecule has 1 fully saturated rings. The Hall–Kier alpha value is -1.19. The second-order valence-corrected chi connectivity index (χ2v) is 4.86. The van der Waals surface area contributed by atoms with E-state index in [1.54, 1.807) is 0 Å². The Bertz CT molecular complexity index is 347. The van der Waals surface area contributed by atoms with Crippen molar-refractivity contribution < 1.29 is 9.53 Å². The monoisotopic (exact) mass is 247 g/mol. The number of benzene rings is 1. The van der Waals surface area contributed by atoms with Gasteiger partial charge in [-0.2, -0.15) is 0 Å². The molecule has 2 rings (SSSR count). The molecule has 0 N–H and O–H groups in total. The lowest BCUT2D eigenvalue weighted by atomic mass is 10.0. The number of likely N-dealkylation sites (tertiary alicyclic amines) is 1. The second-order valence-electron chi connectivity index (χ2n) is 4.86. The Kier molecular flexibility index (Phi) is 5.36. The number of ether oxygens (including phenoxy) is 1. The fraction of sp³-hybridized carbons (Fsp3) is 0.533. The number of hydrogen-bond acceptors (Lipinski definition) is 3. The van der Waals surface area contributed by atoms with Crippen LogP contribution in [-0.2, 0) is 16.0 Å². The molecular weight excluding hydrogens is 226 g/mol. The number of carbonyl (C=O) groups is 1. The lowest BCUT2D eigenvalue weighted by molar-refractivity contribution is -0.115. The standard InChI is InChI=1S/C15H21NO2/c17-13-15-11-16(12-15)8-4-9-18-10-7-14-5-2-1-3-6-14/h1-3,5-6,13,15H,4,7-12H2. The van der Waals surface area contributed by atoms with Crippen molar-refractivity contribution in [3.63, 3.8) is 0 Å². The highest BCUT2D eigenvalue weighted by Gasteiger charge is 2.24. The van der Waals surface area contributed by atoms with Gasteiger partial charge in [-0.05, 0) is 18.4 Å². The molecule has 1 aliphatic heterocycles. The fourth-order valence-corrected chi connectivity index (χ4v) is 2.21. The van der Waals surface area contributed by atoms with Crippen molar-refractivity contribution in [2.75, 3.05) is 32.8 Å². The van der Waals surface area contributed by atoms with Gasteiger partial charge in [-0.15, -0.1) is 0 Å². The zero-order valence-corrected chi connectivity index (χ0v) is 10.8. The summed E-state index contributed by atoms with van der Waals surface area (Å²) in [6.45, 7) is 4.53. The first-order chi connectivity index (χ1) is 8.88. The molecule has 18 heavy (non-hydrogen) atoms. The van der Waals surface area contributed by atoms with Crippen LogP contribution in [0.1, 0.15) is 12.0 Å². The van der Waals surface area contributed by atoms with Gasteiger partial charge in [-0.1, -0.05) is 30.3 Å². The first kappa shape index (κ1) is 13.2. The molecule has 1 aromatic carbocycles. The fourth-order valence-electron chi connectivity index (χ4n) is 2.21. The Morgan fingerprint density at radius 2 is 2.00 bits per heavy atom. The van der Waals surface area contributed by atoms with E-state index in [1.807, 2.05) is 6.07 Å². The van der Waals surface area contributed by atoms with E-state index in [4.69, 9.17) is 4.74 Å². The summed E-state index contributed by atoms with van der Waals surface area (Å²) in [5, 5.41) is 0. The van der Waals surface area contributed by atoms with E-state index in [2.05, 4.69) is 29.2 Å². The van der Waals surface area contributed by atoms with Crippen LogP contribution >= 0.6 is 0 Å². The summed E-state index contributed by atoms with van der Waals surface area (Å²) < 4.78 is 5.61. The number of nitrogens with zero attached hydrogens (tertiary/aromatic N) is 1. The Labute approximate surface area is 109 Å². The van der Waals surface area contributed by atoms with Gasteiger partial charge < -0.3 is 14.4 Å². The van der Waals surface area contributed by atoms with Gasteiger partial charge in [-0.25, -0.2) is 0 Å². The van der Waals surface area contributed by atoms with Gasteiger partial charge in [-0.3, -0.25) is 0 Å². The van der Waals surface area contributed by atoms with Crippen LogP contribution < -0.4 is 0 Å². The van der Waals surface area contributed by atoms with E-state index < -0.39 is 0 Å². The van der Waals surface area contributed by atoms with Gasteiger partial charge in [0.15, 0.2) is 0 Å². The number of hydrogen-bond donors (Lipinski definition) is 0. The largest absolute Gasteiger partial charge is 0.381 e. The predicted octanol–water partition coefficient (Wildman–Crippen LogP) is 1.77. The first-order valence-electron chi connectivity index (χ1n) is 6.68. The highest BCUT2D eigenvalue weighted by Crippen LogP contribution is 2.12. The maximum absolute atomic E-state index is 10.4. The zero-order valence-electron chi connectivity index (χ0n) is 10.8. The van der Waals surface area contributed by atoms with Crippen molar-refractivity contribution in [1.82, 2.24) is 4.90 Å². The summed E-state index contributed by atoms with van der Waals surface area (Å²) in [5.74, 6) is 0.281. The molecule has 98 valence electrons. The molecule has 0 aliphatic carbocycles.